The zero-order valence-electron chi connectivity index (χ0n) is 18.3. The molecule has 0 saturated heterocycles. The second-order valence-corrected chi connectivity index (χ2v) is 6.84. The number of carbonyl (C=O) groups is 2. The molecule has 1 atom stereocenters. The molecule has 33 heavy (non-hydrogen) atoms. The van der Waals surface area contributed by atoms with Crippen molar-refractivity contribution in [3.8, 4) is 11.5 Å². The number of ether oxygens (including phenoxy) is 4. The molecule has 0 fully saturated rings. The van der Waals surface area contributed by atoms with E-state index in [2.05, 4.69) is 0 Å². The van der Waals surface area contributed by atoms with Crippen molar-refractivity contribution in [2.45, 2.75) is 25.4 Å². The van der Waals surface area contributed by atoms with Gasteiger partial charge in [0.1, 0.15) is 16.9 Å². The van der Waals surface area contributed by atoms with Crippen LogP contribution in [-0.4, -0.2) is 50.3 Å². The van der Waals surface area contributed by atoms with Gasteiger partial charge in [0, 0.05) is 12.7 Å². The van der Waals surface area contributed by atoms with Crippen LogP contribution in [-0.2, 0) is 29.2 Å². The zero-order valence-corrected chi connectivity index (χ0v) is 18.3. The number of halogens is 3. The summed E-state index contributed by atoms with van der Waals surface area (Å²) in [5.41, 5.74) is -4.29. The van der Waals surface area contributed by atoms with Crippen LogP contribution in [0.5, 0.6) is 11.5 Å². The summed E-state index contributed by atoms with van der Waals surface area (Å²) in [6.45, 7) is 1.90. The van der Waals surface area contributed by atoms with Crippen LogP contribution in [0.1, 0.15) is 25.0 Å². The summed E-state index contributed by atoms with van der Waals surface area (Å²) >= 11 is 0. The molecule has 0 aliphatic rings. The SMILES string of the molecule is CCOC(=O)C(C(=O)OCC)[C@](c1ccc(O)cc1)(c1ccccc1OCOC)C(F)(F)F. The first-order chi connectivity index (χ1) is 15.6. The van der Waals surface area contributed by atoms with Crippen molar-refractivity contribution in [3.05, 3.63) is 59.7 Å². The van der Waals surface area contributed by atoms with Crippen molar-refractivity contribution >= 4 is 11.9 Å². The molecule has 2 aromatic carbocycles. The Labute approximate surface area is 189 Å². The van der Waals surface area contributed by atoms with Gasteiger partial charge in [0.2, 0.25) is 0 Å². The average molecular weight is 470 g/mol. The van der Waals surface area contributed by atoms with Gasteiger partial charge in [-0.15, -0.1) is 0 Å². The van der Waals surface area contributed by atoms with E-state index in [4.69, 9.17) is 18.9 Å². The Morgan fingerprint density at radius 1 is 0.939 bits per heavy atom. The highest BCUT2D eigenvalue weighted by Gasteiger charge is 2.68. The molecule has 0 unspecified atom stereocenters. The van der Waals surface area contributed by atoms with E-state index >= 15 is 13.2 Å². The van der Waals surface area contributed by atoms with Gasteiger partial charge in [-0.2, -0.15) is 13.2 Å². The topological polar surface area (TPSA) is 91.3 Å². The third-order valence-electron chi connectivity index (χ3n) is 4.89. The average Bonchev–Trinajstić information content (AvgIpc) is 2.76. The summed E-state index contributed by atoms with van der Waals surface area (Å²) in [6, 6.07) is 9.17. The van der Waals surface area contributed by atoms with E-state index in [1.807, 2.05) is 0 Å². The van der Waals surface area contributed by atoms with E-state index in [0.29, 0.717) is 0 Å². The van der Waals surface area contributed by atoms with Crippen molar-refractivity contribution in [3.63, 3.8) is 0 Å². The van der Waals surface area contributed by atoms with Gasteiger partial charge in [0.15, 0.2) is 12.7 Å². The van der Waals surface area contributed by atoms with E-state index in [-0.39, 0.29) is 31.5 Å². The lowest BCUT2D eigenvalue weighted by molar-refractivity contribution is -0.209. The number of methoxy groups -OCH3 is 1. The van der Waals surface area contributed by atoms with Crippen LogP contribution in [0.15, 0.2) is 48.5 Å². The summed E-state index contributed by atoms with van der Waals surface area (Å²) in [6.07, 6.45) is -5.22. The molecule has 2 rings (SSSR count). The molecule has 7 nitrogen and oxygen atoms in total. The maximum absolute atomic E-state index is 15.2. The fourth-order valence-electron chi connectivity index (χ4n) is 3.62. The van der Waals surface area contributed by atoms with E-state index in [9.17, 15) is 14.7 Å². The molecule has 0 saturated carbocycles. The number of phenolic OH excluding ortho intramolecular Hbond substituents is 1. The Kier molecular flexibility index (Phi) is 8.69. The summed E-state index contributed by atoms with van der Waals surface area (Å²) in [5, 5.41) is 9.69. The van der Waals surface area contributed by atoms with Gasteiger partial charge in [0.05, 0.1) is 13.2 Å². The van der Waals surface area contributed by atoms with Gasteiger partial charge in [-0.25, -0.2) is 0 Å². The Balaban J connectivity index is 3.02. The van der Waals surface area contributed by atoms with Crippen LogP contribution < -0.4 is 4.74 Å². The predicted molar refractivity (Wildman–Crippen MR) is 111 cm³/mol. The lowest BCUT2D eigenvalue weighted by atomic mass is 9.64. The van der Waals surface area contributed by atoms with Crippen molar-refractivity contribution in [2.24, 2.45) is 5.92 Å². The largest absolute Gasteiger partial charge is 0.508 e. The Morgan fingerprint density at radius 3 is 1.97 bits per heavy atom. The first-order valence-corrected chi connectivity index (χ1v) is 10.1. The third kappa shape index (κ3) is 5.22. The highest BCUT2D eigenvalue weighted by Crippen LogP contribution is 2.54. The molecule has 2 aromatic rings. The Bertz CT molecular complexity index is 926. The van der Waals surface area contributed by atoms with Crippen LogP contribution in [0.2, 0.25) is 0 Å². The highest BCUT2D eigenvalue weighted by atomic mass is 19.4. The maximum atomic E-state index is 15.2. The fraction of sp³-hybridized carbons (Fsp3) is 0.391. The molecule has 0 amide bonds. The van der Waals surface area contributed by atoms with Gasteiger partial charge in [-0.3, -0.25) is 9.59 Å². The molecular formula is C23H25F3O7. The molecule has 1 N–H and O–H groups in total. The number of aromatic hydroxyl groups is 1. The van der Waals surface area contributed by atoms with E-state index in [1.54, 1.807) is 0 Å². The number of alkyl halides is 3. The molecule has 10 heteroatoms. The number of hydrogen-bond donors (Lipinski definition) is 1. The summed E-state index contributed by atoms with van der Waals surface area (Å²) in [4.78, 5) is 25.9. The van der Waals surface area contributed by atoms with Crippen molar-refractivity contribution < 1.29 is 46.8 Å². The first-order valence-electron chi connectivity index (χ1n) is 10.1. The molecule has 0 aromatic heterocycles. The monoisotopic (exact) mass is 470 g/mol. The first kappa shape index (κ1) is 26.0. The van der Waals surface area contributed by atoms with Gasteiger partial charge < -0.3 is 24.1 Å². The zero-order chi connectivity index (χ0) is 24.6. The van der Waals surface area contributed by atoms with Gasteiger partial charge in [-0.05, 0) is 37.6 Å². The number of carbonyl (C=O) groups excluding carboxylic acids is 2. The summed E-state index contributed by atoms with van der Waals surface area (Å²) < 4.78 is 65.7. The van der Waals surface area contributed by atoms with E-state index in [0.717, 1.165) is 30.3 Å². The lowest BCUT2D eigenvalue weighted by Crippen LogP contribution is -2.56. The number of hydrogen-bond acceptors (Lipinski definition) is 7. The highest BCUT2D eigenvalue weighted by molar-refractivity contribution is 5.98. The smallest absolute Gasteiger partial charge is 0.403 e. The van der Waals surface area contributed by atoms with Gasteiger partial charge in [0.25, 0.3) is 0 Å². The summed E-state index contributed by atoms with van der Waals surface area (Å²) in [5.74, 6) is -5.86. The number of esters is 2. The second-order valence-electron chi connectivity index (χ2n) is 6.84. The Morgan fingerprint density at radius 2 is 1.48 bits per heavy atom. The molecule has 0 radical (unpaired) electrons. The maximum Gasteiger partial charge on any atom is 0.403 e. The van der Waals surface area contributed by atoms with Crippen LogP contribution in [0.25, 0.3) is 0 Å². The minimum absolute atomic E-state index is 0.261. The molecule has 0 aliphatic carbocycles. The molecule has 0 spiro atoms. The fourth-order valence-corrected chi connectivity index (χ4v) is 3.62. The van der Waals surface area contributed by atoms with Crippen molar-refractivity contribution in [1.82, 2.24) is 0 Å². The minimum atomic E-state index is -5.22. The molecule has 180 valence electrons. The number of phenols is 1. The van der Waals surface area contributed by atoms with Crippen LogP contribution in [0.3, 0.4) is 0 Å². The van der Waals surface area contributed by atoms with E-state index in [1.165, 1.54) is 39.2 Å². The number of benzene rings is 2. The van der Waals surface area contributed by atoms with Crippen molar-refractivity contribution in [2.75, 3.05) is 27.1 Å². The third-order valence-corrected chi connectivity index (χ3v) is 4.89. The molecule has 0 bridgehead atoms. The molecule has 0 heterocycles. The molecular weight excluding hydrogens is 445 g/mol. The predicted octanol–water partition coefficient (Wildman–Crippen LogP) is 3.97. The van der Waals surface area contributed by atoms with Crippen LogP contribution in [0, 0.1) is 5.92 Å². The second kappa shape index (κ2) is 11.0. The normalized spacial score (nSPS) is 13.3. The van der Waals surface area contributed by atoms with E-state index < -0.39 is 40.6 Å². The van der Waals surface area contributed by atoms with Crippen LogP contribution in [0.4, 0.5) is 13.2 Å². The molecule has 0 aliphatic heterocycles. The van der Waals surface area contributed by atoms with Crippen LogP contribution >= 0.6 is 0 Å². The minimum Gasteiger partial charge on any atom is -0.508 e. The lowest BCUT2D eigenvalue weighted by Gasteiger charge is -2.41. The van der Waals surface area contributed by atoms with Gasteiger partial charge >= 0.3 is 18.1 Å². The van der Waals surface area contributed by atoms with Crippen molar-refractivity contribution in [1.29, 1.82) is 0 Å². The van der Waals surface area contributed by atoms with Gasteiger partial charge in [-0.1, -0.05) is 30.3 Å². The number of para-hydroxylation sites is 1. The number of rotatable bonds is 10. The Hall–Kier alpha value is -3.27. The summed E-state index contributed by atoms with van der Waals surface area (Å²) in [7, 11) is 1.29. The quantitative estimate of drug-likeness (QED) is 0.319. The standard InChI is InChI=1S/C23H25F3O7/c1-4-31-20(28)19(21(29)32-5-2)22(23(24,25)26,15-10-12-16(27)13-11-15)17-8-6-7-9-18(17)33-14-30-3/h6-13,19,27H,4-5,14H2,1-3H3/t22-/m0/s1.